The lowest BCUT2D eigenvalue weighted by molar-refractivity contribution is -0.119. The molecule has 0 saturated carbocycles. The maximum absolute atomic E-state index is 12.6. The molecule has 1 amide bonds. The molecule has 3 rings (SSSR count). The van der Waals surface area contributed by atoms with Crippen LogP contribution in [0.1, 0.15) is 53.2 Å². The first-order chi connectivity index (χ1) is 14.4. The Labute approximate surface area is 196 Å². The summed E-state index contributed by atoms with van der Waals surface area (Å²) < 4.78 is 0. The summed E-state index contributed by atoms with van der Waals surface area (Å²) in [7, 11) is 2.12. The topological polar surface area (TPSA) is 49.4 Å². The number of rotatable bonds is 10. The van der Waals surface area contributed by atoms with Crippen LogP contribution in [0.4, 0.5) is 0 Å². The molecule has 0 radical (unpaired) electrons. The van der Waals surface area contributed by atoms with E-state index in [0.717, 1.165) is 55.8 Å². The van der Waals surface area contributed by atoms with E-state index in [2.05, 4.69) is 23.3 Å². The van der Waals surface area contributed by atoms with Gasteiger partial charge in [0.2, 0.25) is 5.91 Å². The summed E-state index contributed by atoms with van der Waals surface area (Å²) in [5.74, 6) is 0.209. The third-order valence-electron chi connectivity index (χ3n) is 5.78. The summed E-state index contributed by atoms with van der Waals surface area (Å²) in [6, 6.07) is 14.1. The minimum atomic E-state index is 0. The molecule has 0 aliphatic heterocycles. The molecule has 4 nitrogen and oxygen atoms in total. The summed E-state index contributed by atoms with van der Waals surface area (Å²) in [6.45, 7) is 3.48. The molecular formula is C25H32Cl2N2O2. The predicted molar refractivity (Wildman–Crippen MR) is 130 cm³/mol. The molecule has 0 bridgehead atoms. The van der Waals surface area contributed by atoms with Crippen LogP contribution in [-0.4, -0.2) is 42.8 Å². The third-order valence-corrected chi connectivity index (χ3v) is 6.15. The third kappa shape index (κ3) is 7.64. The van der Waals surface area contributed by atoms with E-state index in [1.807, 2.05) is 36.4 Å². The van der Waals surface area contributed by atoms with Crippen LogP contribution in [0.3, 0.4) is 0 Å². The van der Waals surface area contributed by atoms with E-state index in [9.17, 15) is 9.59 Å². The van der Waals surface area contributed by atoms with Gasteiger partial charge < -0.3 is 10.2 Å². The van der Waals surface area contributed by atoms with Gasteiger partial charge in [-0.15, -0.1) is 12.4 Å². The molecule has 0 aromatic heterocycles. The molecular weight excluding hydrogens is 431 g/mol. The molecule has 0 fully saturated rings. The van der Waals surface area contributed by atoms with Crippen LogP contribution in [0.2, 0.25) is 5.02 Å². The van der Waals surface area contributed by atoms with Gasteiger partial charge in [0, 0.05) is 36.5 Å². The van der Waals surface area contributed by atoms with E-state index in [1.165, 1.54) is 16.7 Å². The van der Waals surface area contributed by atoms with E-state index in [-0.39, 0.29) is 30.1 Å². The second-order valence-corrected chi connectivity index (χ2v) is 8.72. The second kappa shape index (κ2) is 12.2. The van der Waals surface area contributed by atoms with Crippen molar-refractivity contribution < 1.29 is 9.59 Å². The monoisotopic (exact) mass is 462 g/mol. The number of likely N-dealkylation sites (N-methyl/N-ethyl adjacent to an activating group) is 1. The van der Waals surface area contributed by atoms with Gasteiger partial charge in [0.1, 0.15) is 0 Å². The average molecular weight is 463 g/mol. The quantitative estimate of drug-likeness (QED) is 0.403. The summed E-state index contributed by atoms with van der Waals surface area (Å²) in [6.07, 6.45) is 5.06. The smallest absolute Gasteiger partial charge is 0.217 e. The second-order valence-electron chi connectivity index (χ2n) is 8.31. The zero-order valence-electron chi connectivity index (χ0n) is 18.3. The number of halogens is 2. The van der Waals surface area contributed by atoms with Gasteiger partial charge >= 0.3 is 0 Å². The molecule has 1 aliphatic rings. The number of Topliss-reactive ketones (excluding diaryl/α,β-unsaturated/α-hetero) is 1. The van der Waals surface area contributed by atoms with Gasteiger partial charge in [-0.25, -0.2) is 0 Å². The lowest BCUT2D eigenvalue weighted by atomic mass is 10.0. The van der Waals surface area contributed by atoms with Gasteiger partial charge in [0.25, 0.3) is 0 Å². The number of amides is 1. The zero-order valence-corrected chi connectivity index (χ0v) is 19.9. The molecule has 0 spiro atoms. The first-order valence-electron chi connectivity index (χ1n) is 10.8. The van der Waals surface area contributed by atoms with Gasteiger partial charge in [-0.1, -0.05) is 41.9 Å². The van der Waals surface area contributed by atoms with E-state index in [1.54, 1.807) is 6.92 Å². The fraction of sp³-hybridized carbons (Fsp3) is 0.440. The van der Waals surface area contributed by atoms with Gasteiger partial charge in [0.15, 0.2) is 5.78 Å². The van der Waals surface area contributed by atoms with Crippen molar-refractivity contribution in [3.63, 3.8) is 0 Å². The molecule has 0 saturated heterocycles. The van der Waals surface area contributed by atoms with Crippen molar-refractivity contribution in [3.05, 3.63) is 69.7 Å². The SMILES string of the molecule is CC(=O)NC1Cc2ccc(C(=O)CCCCN(C)CCc3ccccc3Cl)cc2C1.Cl. The highest BCUT2D eigenvalue weighted by atomic mass is 35.5. The van der Waals surface area contributed by atoms with Crippen LogP contribution < -0.4 is 5.32 Å². The number of carbonyl (C=O) groups is 2. The molecule has 0 heterocycles. The molecule has 1 aliphatic carbocycles. The maximum atomic E-state index is 12.6. The molecule has 1 unspecified atom stereocenters. The number of fused-ring (bicyclic) bond motifs is 1. The zero-order chi connectivity index (χ0) is 21.5. The Bertz CT molecular complexity index is 901. The number of unbranched alkanes of at least 4 members (excludes halogenated alkanes) is 1. The van der Waals surface area contributed by atoms with E-state index in [0.29, 0.717) is 6.42 Å². The van der Waals surface area contributed by atoms with Crippen molar-refractivity contribution in [1.29, 1.82) is 0 Å². The summed E-state index contributed by atoms with van der Waals surface area (Å²) in [5.41, 5.74) is 4.41. The minimum Gasteiger partial charge on any atom is -0.353 e. The van der Waals surface area contributed by atoms with Gasteiger partial charge in [-0.05, 0) is 74.5 Å². The Morgan fingerprint density at radius 1 is 1.06 bits per heavy atom. The van der Waals surface area contributed by atoms with Crippen LogP contribution in [0.5, 0.6) is 0 Å². The Hall–Kier alpha value is -1.88. The highest BCUT2D eigenvalue weighted by Gasteiger charge is 2.23. The Morgan fingerprint density at radius 3 is 2.55 bits per heavy atom. The standard InChI is InChI=1S/C25H31ClN2O2.ClH/c1-18(29)27-23-16-20-10-11-21(15-22(20)17-23)25(30)9-5-6-13-28(2)14-12-19-7-3-4-8-24(19)26;/h3-4,7-8,10-11,15,23H,5-6,9,12-14,16-17H2,1-2H3,(H,27,29);1H. The highest BCUT2D eigenvalue weighted by molar-refractivity contribution is 6.31. The molecule has 2 aromatic carbocycles. The number of carbonyl (C=O) groups excluding carboxylic acids is 2. The molecule has 1 atom stereocenters. The lowest BCUT2D eigenvalue weighted by Crippen LogP contribution is -2.33. The van der Waals surface area contributed by atoms with Crippen molar-refractivity contribution in [2.24, 2.45) is 0 Å². The first-order valence-corrected chi connectivity index (χ1v) is 11.1. The van der Waals surface area contributed by atoms with E-state index < -0.39 is 0 Å². The largest absolute Gasteiger partial charge is 0.353 e. The summed E-state index contributed by atoms with van der Waals surface area (Å²) in [4.78, 5) is 26.2. The molecule has 6 heteroatoms. The fourth-order valence-corrected chi connectivity index (χ4v) is 4.35. The van der Waals surface area contributed by atoms with Crippen molar-refractivity contribution in [2.45, 2.75) is 51.5 Å². The van der Waals surface area contributed by atoms with Crippen LogP contribution in [0, 0.1) is 0 Å². The van der Waals surface area contributed by atoms with Crippen LogP contribution in [0.25, 0.3) is 0 Å². The maximum Gasteiger partial charge on any atom is 0.217 e. The van der Waals surface area contributed by atoms with Crippen molar-refractivity contribution >= 4 is 35.7 Å². The number of nitrogens with zero attached hydrogens (tertiary/aromatic N) is 1. The van der Waals surface area contributed by atoms with Gasteiger partial charge in [-0.2, -0.15) is 0 Å². The van der Waals surface area contributed by atoms with Gasteiger partial charge in [0.05, 0.1) is 0 Å². The number of benzene rings is 2. The fourth-order valence-electron chi connectivity index (χ4n) is 4.12. The van der Waals surface area contributed by atoms with Crippen molar-refractivity contribution in [1.82, 2.24) is 10.2 Å². The normalized spacial score (nSPS) is 14.8. The number of hydrogen-bond donors (Lipinski definition) is 1. The molecule has 2 aromatic rings. The molecule has 1 N–H and O–H groups in total. The summed E-state index contributed by atoms with van der Waals surface area (Å²) >= 11 is 6.22. The van der Waals surface area contributed by atoms with E-state index >= 15 is 0 Å². The first kappa shape index (κ1) is 25.4. The Kier molecular flexibility index (Phi) is 10.0. The number of hydrogen-bond acceptors (Lipinski definition) is 3. The average Bonchev–Trinajstić information content (AvgIpc) is 3.11. The highest BCUT2D eigenvalue weighted by Crippen LogP contribution is 2.24. The number of nitrogens with one attached hydrogen (secondary N) is 1. The van der Waals surface area contributed by atoms with Crippen LogP contribution >= 0.6 is 24.0 Å². The summed E-state index contributed by atoms with van der Waals surface area (Å²) in [5, 5.41) is 3.81. The number of ketones is 1. The minimum absolute atomic E-state index is 0. The van der Waals surface area contributed by atoms with Crippen LogP contribution in [0.15, 0.2) is 42.5 Å². The van der Waals surface area contributed by atoms with Crippen molar-refractivity contribution in [2.75, 3.05) is 20.1 Å². The lowest BCUT2D eigenvalue weighted by Gasteiger charge is -2.16. The van der Waals surface area contributed by atoms with Crippen LogP contribution in [-0.2, 0) is 24.1 Å². The van der Waals surface area contributed by atoms with E-state index in [4.69, 9.17) is 11.6 Å². The molecule has 168 valence electrons. The predicted octanol–water partition coefficient (Wildman–Crippen LogP) is 4.89. The Morgan fingerprint density at radius 2 is 1.81 bits per heavy atom. The van der Waals surface area contributed by atoms with Gasteiger partial charge in [-0.3, -0.25) is 9.59 Å². The van der Waals surface area contributed by atoms with Crippen molar-refractivity contribution in [3.8, 4) is 0 Å². The molecule has 31 heavy (non-hydrogen) atoms. The Balaban J connectivity index is 0.00000341.